The van der Waals surface area contributed by atoms with Crippen molar-refractivity contribution in [3.05, 3.63) is 78.6 Å². The zero-order valence-electron chi connectivity index (χ0n) is 11.3. The van der Waals surface area contributed by atoms with Gasteiger partial charge in [0.15, 0.2) is 0 Å². The summed E-state index contributed by atoms with van der Waals surface area (Å²) in [5, 5.41) is 3.41. The molecule has 100 valence electrons. The number of amidine groups is 1. The van der Waals surface area contributed by atoms with Gasteiger partial charge in [-0.05, 0) is 12.1 Å². The second kappa shape index (κ2) is 4.87. The van der Waals surface area contributed by atoms with Gasteiger partial charge in [0.2, 0.25) is 0 Å². The average molecular weight is 271 g/mol. The number of hydrogen-bond acceptors (Lipinski definition) is 3. The van der Waals surface area contributed by atoms with E-state index < -0.39 is 0 Å². The molecule has 2 aromatic carbocycles. The second-order valence-corrected chi connectivity index (χ2v) is 4.89. The van der Waals surface area contributed by atoms with E-state index in [1.165, 1.54) is 0 Å². The van der Waals surface area contributed by atoms with Crippen LogP contribution in [0.1, 0.15) is 5.56 Å². The van der Waals surface area contributed by atoms with E-state index >= 15 is 0 Å². The molecule has 0 amide bonds. The summed E-state index contributed by atoms with van der Waals surface area (Å²) in [7, 11) is 0. The first-order valence-electron chi connectivity index (χ1n) is 6.86. The summed E-state index contributed by atoms with van der Waals surface area (Å²) in [6.07, 6.45) is 3.65. The molecule has 1 aliphatic heterocycles. The number of nitrogens with zero attached hydrogens (tertiary/aromatic N) is 2. The number of pyridine rings is 1. The summed E-state index contributed by atoms with van der Waals surface area (Å²) in [5.41, 5.74) is 5.24. The van der Waals surface area contributed by atoms with Crippen molar-refractivity contribution < 1.29 is 0 Å². The van der Waals surface area contributed by atoms with Crippen LogP contribution in [0.2, 0.25) is 0 Å². The molecule has 1 N–H and O–H groups in total. The van der Waals surface area contributed by atoms with Crippen LogP contribution < -0.4 is 5.32 Å². The lowest BCUT2D eigenvalue weighted by Gasteiger charge is -2.09. The Morgan fingerprint density at radius 1 is 0.762 bits per heavy atom. The molecule has 0 unspecified atom stereocenters. The van der Waals surface area contributed by atoms with Crippen molar-refractivity contribution in [1.29, 1.82) is 0 Å². The molecule has 0 aliphatic carbocycles. The van der Waals surface area contributed by atoms with Crippen molar-refractivity contribution in [2.75, 3.05) is 5.32 Å². The standard InChI is InChI=1S/C18H13N3/c1-2-6-13(7-3-1)18-20-16-9-5-4-8-14(16)15-10-11-19-12-17(15)21-18/h1-12H,(H,20,21). The number of anilines is 1. The normalized spacial score (nSPS) is 12.5. The van der Waals surface area contributed by atoms with Crippen molar-refractivity contribution in [3.8, 4) is 11.1 Å². The molecule has 0 radical (unpaired) electrons. The van der Waals surface area contributed by atoms with Crippen molar-refractivity contribution in [2.45, 2.75) is 0 Å². The minimum atomic E-state index is 0.842. The van der Waals surface area contributed by atoms with E-state index in [2.05, 4.69) is 28.5 Å². The van der Waals surface area contributed by atoms with Gasteiger partial charge in [-0.1, -0.05) is 48.5 Å². The average Bonchev–Trinajstić information content (AvgIpc) is 2.72. The van der Waals surface area contributed by atoms with Crippen LogP contribution in [0.5, 0.6) is 0 Å². The summed E-state index contributed by atoms with van der Waals surface area (Å²) < 4.78 is 0. The SMILES string of the molecule is c1ccc(C2=Nc3ccccc3-c3ccncc3N2)cc1. The molecule has 1 aromatic heterocycles. The predicted octanol–water partition coefficient (Wildman–Crippen LogP) is 4.25. The largest absolute Gasteiger partial charge is 0.338 e. The first-order chi connectivity index (χ1) is 10.4. The molecular formula is C18H13N3. The lowest BCUT2D eigenvalue weighted by molar-refractivity contribution is 1.33. The maximum Gasteiger partial charge on any atom is 0.138 e. The topological polar surface area (TPSA) is 37.3 Å². The van der Waals surface area contributed by atoms with Gasteiger partial charge in [-0.15, -0.1) is 0 Å². The summed E-state index contributed by atoms with van der Waals surface area (Å²) in [6.45, 7) is 0. The minimum absolute atomic E-state index is 0.842. The smallest absolute Gasteiger partial charge is 0.138 e. The monoisotopic (exact) mass is 271 g/mol. The predicted molar refractivity (Wildman–Crippen MR) is 85.9 cm³/mol. The van der Waals surface area contributed by atoms with Gasteiger partial charge < -0.3 is 5.32 Å². The Labute approximate surface area is 123 Å². The van der Waals surface area contributed by atoms with Crippen molar-refractivity contribution in [1.82, 2.24) is 4.98 Å². The molecule has 0 spiro atoms. The van der Waals surface area contributed by atoms with E-state index in [9.17, 15) is 0 Å². The van der Waals surface area contributed by atoms with Gasteiger partial charge in [-0.25, -0.2) is 4.99 Å². The third-order valence-corrected chi connectivity index (χ3v) is 3.55. The Morgan fingerprint density at radius 3 is 2.48 bits per heavy atom. The third kappa shape index (κ3) is 2.09. The fraction of sp³-hybridized carbons (Fsp3) is 0. The number of aromatic nitrogens is 1. The minimum Gasteiger partial charge on any atom is -0.338 e. The van der Waals surface area contributed by atoms with Crippen LogP contribution in [0.25, 0.3) is 11.1 Å². The Morgan fingerprint density at radius 2 is 1.57 bits per heavy atom. The molecular weight excluding hydrogens is 258 g/mol. The summed E-state index contributed by atoms with van der Waals surface area (Å²) in [4.78, 5) is 9.03. The van der Waals surface area contributed by atoms with Crippen LogP contribution in [-0.2, 0) is 0 Å². The Balaban J connectivity index is 1.96. The number of hydrogen-bond donors (Lipinski definition) is 1. The molecule has 1 aliphatic rings. The summed E-state index contributed by atoms with van der Waals surface area (Å²) >= 11 is 0. The van der Waals surface area contributed by atoms with Crippen LogP contribution in [0, 0.1) is 0 Å². The van der Waals surface area contributed by atoms with Gasteiger partial charge in [0.25, 0.3) is 0 Å². The van der Waals surface area contributed by atoms with Crippen LogP contribution >= 0.6 is 0 Å². The van der Waals surface area contributed by atoms with Gasteiger partial charge >= 0.3 is 0 Å². The van der Waals surface area contributed by atoms with Crippen LogP contribution in [0.3, 0.4) is 0 Å². The first kappa shape index (κ1) is 11.9. The Hall–Kier alpha value is -2.94. The molecule has 0 atom stereocenters. The third-order valence-electron chi connectivity index (χ3n) is 3.55. The number of nitrogens with one attached hydrogen (secondary N) is 1. The Bertz CT molecular complexity index is 823. The summed E-state index contributed by atoms with van der Waals surface area (Å²) in [5.74, 6) is 0.842. The maximum atomic E-state index is 4.80. The van der Waals surface area contributed by atoms with E-state index in [0.29, 0.717) is 0 Å². The highest BCUT2D eigenvalue weighted by molar-refractivity contribution is 6.13. The maximum absolute atomic E-state index is 4.80. The molecule has 2 heterocycles. The van der Waals surface area contributed by atoms with Crippen LogP contribution in [-0.4, -0.2) is 10.8 Å². The molecule has 21 heavy (non-hydrogen) atoms. The van der Waals surface area contributed by atoms with E-state index in [0.717, 1.165) is 33.9 Å². The van der Waals surface area contributed by atoms with Gasteiger partial charge in [-0.3, -0.25) is 4.98 Å². The number of benzene rings is 2. The molecule has 3 aromatic rings. The van der Waals surface area contributed by atoms with E-state index in [1.54, 1.807) is 0 Å². The van der Waals surface area contributed by atoms with E-state index in [-0.39, 0.29) is 0 Å². The molecule has 0 saturated carbocycles. The number of rotatable bonds is 1. The quantitative estimate of drug-likeness (QED) is 0.718. The van der Waals surface area contributed by atoms with Crippen molar-refractivity contribution >= 4 is 17.2 Å². The van der Waals surface area contributed by atoms with Crippen molar-refractivity contribution in [2.24, 2.45) is 4.99 Å². The van der Waals surface area contributed by atoms with Crippen LogP contribution in [0.15, 0.2) is 78.0 Å². The fourth-order valence-corrected chi connectivity index (χ4v) is 2.54. The highest BCUT2D eigenvalue weighted by Crippen LogP contribution is 2.37. The van der Waals surface area contributed by atoms with Gasteiger partial charge in [0, 0.05) is 22.9 Å². The summed E-state index contributed by atoms with van der Waals surface area (Å²) in [6, 6.07) is 20.3. The Kier molecular flexibility index (Phi) is 2.75. The molecule has 4 rings (SSSR count). The van der Waals surface area contributed by atoms with Gasteiger partial charge in [0.1, 0.15) is 5.84 Å². The lowest BCUT2D eigenvalue weighted by atomic mass is 10.0. The van der Waals surface area contributed by atoms with Gasteiger partial charge in [-0.2, -0.15) is 0 Å². The highest BCUT2D eigenvalue weighted by Gasteiger charge is 2.16. The molecule has 0 fully saturated rings. The number of aliphatic imine (C=N–C) groups is 1. The fourth-order valence-electron chi connectivity index (χ4n) is 2.54. The molecule has 3 nitrogen and oxygen atoms in total. The number of para-hydroxylation sites is 1. The number of fused-ring (bicyclic) bond motifs is 3. The highest BCUT2D eigenvalue weighted by atomic mass is 15.0. The van der Waals surface area contributed by atoms with Crippen molar-refractivity contribution in [3.63, 3.8) is 0 Å². The molecule has 0 saturated heterocycles. The zero-order valence-corrected chi connectivity index (χ0v) is 11.3. The first-order valence-corrected chi connectivity index (χ1v) is 6.86. The zero-order chi connectivity index (χ0) is 14.1. The lowest BCUT2D eigenvalue weighted by Crippen LogP contribution is -2.12. The second-order valence-electron chi connectivity index (χ2n) is 4.89. The van der Waals surface area contributed by atoms with E-state index in [4.69, 9.17) is 4.99 Å². The molecule has 3 heteroatoms. The van der Waals surface area contributed by atoms with Crippen LogP contribution in [0.4, 0.5) is 11.4 Å². The van der Waals surface area contributed by atoms with E-state index in [1.807, 2.05) is 54.9 Å². The van der Waals surface area contributed by atoms with Gasteiger partial charge in [0.05, 0.1) is 17.6 Å². The molecule has 0 bridgehead atoms.